The third kappa shape index (κ3) is 4.49. The summed E-state index contributed by atoms with van der Waals surface area (Å²) in [5, 5.41) is 2.64. The van der Waals surface area contributed by atoms with E-state index in [-0.39, 0.29) is 24.3 Å². The van der Waals surface area contributed by atoms with Crippen LogP contribution in [0.25, 0.3) is 5.57 Å². The fraction of sp³-hybridized carbons (Fsp3) is 0.524. The summed E-state index contributed by atoms with van der Waals surface area (Å²) in [6.07, 6.45) is 1.05. The van der Waals surface area contributed by atoms with Gasteiger partial charge in [0.1, 0.15) is 17.5 Å². The van der Waals surface area contributed by atoms with Crippen LogP contribution in [0.4, 0.5) is 9.18 Å². The molecule has 0 unspecified atom stereocenters. The van der Waals surface area contributed by atoms with Gasteiger partial charge in [-0.05, 0) is 57.6 Å². The van der Waals surface area contributed by atoms with E-state index in [1.54, 1.807) is 27.7 Å². The van der Waals surface area contributed by atoms with Crippen LogP contribution in [0.15, 0.2) is 36.2 Å². The fourth-order valence-corrected chi connectivity index (χ4v) is 3.53. The lowest BCUT2D eigenvalue weighted by Crippen LogP contribution is -2.49. The molecular formula is C21H27FN2O3. The number of likely N-dealkylation sites (tertiary alicyclic amines) is 1. The van der Waals surface area contributed by atoms with E-state index in [4.69, 9.17) is 4.74 Å². The lowest BCUT2D eigenvalue weighted by molar-refractivity contribution is -0.125. The molecule has 1 saturated carbocycles. The largest absolute Gasteiger partial charge is 0.444 e. The minimum atomic E-state index is -0.618. The highest BCUT2D eigenvalue weighted by molar-refractivity contribution is 5.87. The van der Waals surface area contributed by atoms with Crippen LogP contribution < -0.4 is 5.32 Å². The molecule has 1 aromatic rings. The van der Waals surface area contributed by atoms with Crippen molar-refractivity contribution in [3.63, 3.8) is 0 Å². The molecular weight excluding hydrogens is 347 g/mol. The summed E-state index contributed by atoms with van der Waals surface area (Å²) in [4.78, 5) is 26.6. The van der Waals surface area contributed by atoms with Gasteiger partial charge in [0, 0.05) is 6.04 Å². The molecule has 1 N–H and O–H groups in total. The zero-order valence-electron chi connectivity index (χ0n) is 16.3. The van der Waals surface area contributed by atoms with Gasteiger partial charge in [0.2, 0.25) is 5.91 Å². The second-order valence-electron chi connectivity index (χ2n) is 8.32. The van der Waals surface area contributed by atoms with Crippen LogP contribution >= 0.6 is 0 Å². The second-order valence-corrected chi connectivity index (χ2v) is 8.32. The summed E-state index contributed by atoms with van der Waals surface area (Å²) in [6.45, 7) is 6.90. The van der Waals surface area contributed by atoms with Crippen molar-refractivity contribution in [3.8, 4) is 0 Å². The zero-order chi connectivity index (χ0) is 19.8. The van der Waals surface area contributed by atoms with Gasteiger partial charge in [0.25, 0.3) is 0 Å². The van der Waals surface area contributed by atoms with Gasteiger partial charge in [0.05, 0.1) is 6.54 Å². The fourth-order valence-electron chi connectivity index (χ4n) is 3.53. The molecule has 3 atom stereocenters. The predicted octanol–water partition coefficient (Wildman–Crippen LogP) is 3.90. The van der Waals surface area contributed by atoms with Crippen LogP contribution in [0, 0.1) is 5.92 Å². The molecule has 146 valence electrons. The van der Waals surface area contributed by atoms with Gasteiger partial charge in [-0.1, -0.05) is 30.3 Å². The van der Waals surface area contributed by atoms with E-state index in [1.807, 2.05) is 30.3 Å². The number of amides is 2. The van der Waals surface area contributed by atoms with Gasteiger partial charge < -0.3 is 10.1 Å². The number of fused-ring (bicyclic) bond motifs is 1. The molecule has 2 aliphatic rings. The molecule has 6 heteroatoms. The monoisotopic (exact) mass is 374 g/mol. The number of carbonyl (C=O) groups is 2. The highest BCUT2D eigenvalue weighted by Gasteiger charge is 2.57. The van der Waals surface area contributed by atoms with E-state index >= 15 is 0 Å². The summed E-state index contributed by atoms with van der Waals surface area (Å²) in [6, 6.07) is 8.68. The number of nitrogens with zero attached hydrogens (tertiary/aromatic N) is 1. The average Bonchev–Trinajstić information content (AvgIpc) is 3.27. The molecule has 0 bridgehead atoms. The van der Waals surface area contributed by atoms with E-state index in [0.717, 1.165) is 12.0 Å². The maximum Gasteiger partial charge on any atom is 0.411 e. The molecule has 0 spiro atoms. The number of piperidine rings is 1. The molecule has 27 heavy (non-hydrogen) atoms. The minimum Gasteiger partial charge on any atom is -0.444 e. The first-order chi connectivity index (χ1) is 12.7. The first kappa shape index (κ1) is 19.4. The number of ether oxygens (including phenoxy) is 1. The zero-order valence-corrected chi connectivity index (χ0v) is 16.3. The smallest absolute Gasteiger partial charge is 0.411 e. The van der Waals surface area contributed by atoms with E-state index < -0.39 is 17.7 Å². The van der Waals surface area contributed by atoms with Crippen molar-refractivity contribution in [2.24, 2.45) is 5.92 Å². The van der Waals surface area contributed by atoms with Crippen molar-refractivity contribution in [2.45, 2.75) is 58.2 Å². The van der Waals surface area contributed by atoms with Gasteiger partial charge >= 0.3 is 6.09 Å². The lowest BCUT2D eigenvalue weighted by atomic mass is 10.1. The second kappa shape index (κ2) is 7.33. The van der Waals surface area contributed by atoms with Crippen LogP contribution in [-0.2, 0) is 9.53 Å². The Morgan fingerprint density at radius 2 is 1.89 bits per heavy atom. The van der Waals surface area contributed by atoms with Gasteiger partial charge in [-0.3, -0.25) is 9.69 Å². The molecule has 0 radical (unpaired) electrons. The van der Waals surface area contributed by atoms with Gasteiger partial charge in [0.15, 0.2) is 0 Å². The minimum absolute atomic E-state index is 0.0713. The Bertz CT molecular complexity index is 754. The van der Waals surface area contributed by atoms with Crippen molar-refractivity contribution in [1.29, 1.82) is 0 Å². The summed E-state index contributed by atoms with van der Waals surface area (Å²) in [5.41, 5.74) is 0.656. The first-order valence-electron chi connectivity index (χ1n) is 9.37. The highest BCUT2D eigenvalue weighted by Crippen LogP contribution is 2.48. The molecule has 0 aromatic heterocycles. The van der Waals surface area contributed by atoms with E-state index in [0.29, 0.717) is 17.9 Å². The Labute approximate surface area is 159 Å². The van der Waals surface area contributed by atoms with Crippen LogP contribution in [0.2, 0.25) is 0 Å². The maximum atomic E-state index is 14.5. The molecule has 2 amide bonds. The normalized spacial score (nSPS) is 24.8. The van der Waals surface area contributed by atoms with Crippen molar-refractivity contribution in [2.75, 3.05) is 6.54 Å². The molecule has 3 rings (SSSR count). The number of hydrogen-bond donors (Lipinski definition) is 1. The van der Waals surface area contributed by atoms with Gasteiger partial charge in [-0.15, -0.1) is 0 Å². The number of halogens is 1. The van der Waals surface area contributed by atoms with Crippen molar-refractivity contribution >= 4 is 17.6 Å². The van der Waals surface area contributed by atoms with Gasteiger partial charge in [-0.25, -0.2) is 9.18 Å². The molecule has 1 saturated heterocycles. The molecule has 2 fully saturated rings. The Balaban J connectivity index is 1.63. The molecule has 1 aliphatic carbocycles. The topological polar surface area (TPSA) is 58.6 Å². The van der Waals surface area contributed by atoms with Crippen molar-refractivity contribution in [3.05, 3.63) is 41.7 Å². The summed E-state index contributed by atoms with van der Waals surface area (Å²) in [5.74, 6) is -0.370. The first-order valence-corrected chi connectivity index (χ1v) is 9.37. The van der Waals surface area contributed by atoms with Crippen LogP contribution in [0.1, 0.15) is 46.1 Å². The maximum absolute atomic E-state index is 14.5. The number of carbonyl (C=O) groups excluding carboxylic acids is 2. The average molecular weight is 374 g/mol. The SMILES string of the molecule is C/C(=C(/F)CNC(=O)[C@@H]1C[C@H]2C[C@H]2N1C(=O)OC(C)(C)C)c1ccccc1. The number of allylic oxidation sites excluding steroid dienone is 1. The predicted molar refractivity (Wildman–Crippen MR) is 102 cm³/mol. The lowest BCUT2D eigenvalue weighted by Gasteiger charge is -2.29. The molecule has 1 heterocycles. The Hall–Kier alpha value is -2.37. The molecule has 1 aromatic carbocycles. The summed E-state index contributed by atoms with van der Waals surface area (Å²) >= 11 is 0. The van der Waals surface area contributed by atoms with Crippen LogP contribution in [0.3, 0.4) is 0 Å². The highest BCUT2D eigenvalue weighted by atomic mass is 19.1. The number of nitrogens with one attached hydrogen (secondary N) is 1. The van der Waals surface area contributed by atoms with Crippen LogP contribution in [-0.4, -0.2) is 41.1 Å². The third-order valence-electron chi connectivity index (χ3n) is 5.04. The van der Waals surface area contributed by atoms with Crippen LogP contribution in [0.5, 0.6) is 0 Å². The van der Waals surface area contributed by atoms with Gasteiger partial charge in [-0.2, -0.15) is 0 Å². The number of hydrogen-bond acceptors (Lipinski definition) is 3. The Morgan fingerprint density at radius 3 is 2.52 bits per heavy atom. The molecule has 1 aliphatic heterocycles. The number of rotatable bonds is 4. The summed E-state index contributed by atoms with van der Waals surface area (Å²) in [7, 11) is 0. The third-order valence-corrected chi connectivity index (χ3v) is 5.04. The van der Waals surface area contributed by atoms with E-state index in [9.17, 15) is 14.0 Å². The summed E-state index contributed by atoms with van der Waals surface area (Å²) < 4.78 is 19.9. The van der Waals surface area contributed by atoms with E-state index in [1.165, 1.54) is 4.90 Å². The Kier molecular flexibility index (Phi) is 5.27. The number of benzene rings is 1. The quantitative estimate of drug-likeness (QED) is 0.870. The van der Waals surface area contributed by atoms with E-state index in [2.05, 4.69) is 5.32 Å². The standard InChI is InChI=1S/C21H27FN2O3/c1-13(14-8-6-5-7-9-14)16(22)12-23-19(25)18-11-15-10-17(15)24(18)20(26)27-21(2,3)4/h5-9,15,17-18H,10-12H2,1-4H3,(H,23,25)/b16-13-/t15-,17-,18+/m1/s1. The Morgan fingerprint density at radius 1 is 1.22 bits per heavy atom. The molecule has 5 nitrogen and oxygen atoms in total. The van der Waals surface area contributed by atoms with Crippen molar-refractivity contribution in [1.82, 2.24) is 10.2 Å². The van der Waals surface area contributed by atoms with Crippen molar-refractivity contribution < 1.29 is 18.7 Å².